The Bertz CT molecular complexity index is 405. The third kappa shape index (κ3) is 2.66. The summed E-state index contributed by atoms with van der Waals surface area (Å²) in [6.45, 7) is 1.93. The molecule has 3 nitrogen and oxygen atoms in total. The number of rotatable bonds is 3. The van der Waals surface area contributed by atoms with Crippen LogP contribution in [0.25, 0.3) is 0 Å². The first-order valence-electron chi connectivity index (χ1n) is 5.46. The summed E-state index contributed by atoms with van der Waals surface area (Å²) >= 11 is 5.90. The van der Waals surface area contributed by atoms with Gasteiger partial charge in [0.2, 0.25) is 0 Å². The quantitative estimate of drug-likeness (QED) is 0.846. The average Bonchev–Trinajstić information content (AvgIpc) is 2.79. The van der Waals surface area contributed by atoms with Gasteiger partial charge in [0.05, 0.1) is 11.3 Å². The Balaban J connectivity index is 2.02. The SMILES string of the molecule is N#Cc1ccc(Cl)cc1NCC1CCCN1. The summed E-state index contributed by atoms with van der Waals surface area (Å²) in [5, 5.41) is 16.3. The standard InChI is InChI=1S/C12H14ClN3/c13-10-4-3-9(7-14)12(6-10)16-8-11-2-1-5-15-11/h3-4,6,11,15-16H,1-2,5,8H2. The number of nitrogens with zero attached hydrogens (tertiary/aromatic N) is 1. The summed E-state index contributed by atoms with van der Waals surface area (Å²) in [4.78, 5) is 0. The Morgan fingerprint density at radius 2 is 2.44 bits per heavy atom. The number of hydrogen-bond acceptors (Lipinski definition) is 3. The van der Waals surface area contributed by atoms with Gasteiger partial charge in [-0.25, -0.2) is 0 Å². The molecule has 0 radical (unpaired) electrons. The molecule has 0 bridgehead atoms. The zero-order chi connectivity index (χ0) is 11.4. The molecule has 0 spiro atoms. The molecule has 2 rings (SSSR count). The van der Waals surface area contributed by atoms with Crippen LogP contribution >= 0.6 is 11.6 Å². The lowest BCUT2D eigenvalue weighted by Crippen LogP contribution is -2.29. The van der Waals surface area contributed by atoms with Gasteiger partial charge in [0, 0.05) is 17.6 Å². The summed E-state index contributed by atoms with van der Waals surface area (Å²) in [6, 6.07) is 7.94. The van der Waals surface area contributed by atoms with E-state index in [1.54, 1.807) is 18.2 Å². The lowest BCUT2D eigenvalue weighted by molar-refractivity contribution is 0.633. The molecule has 0 saturated carbocycles. The van der Waals surface area contributed by atoms with Crippen LogP contribution in [0.4, 0.5) is 5.69 Å². The molecule has 84 valence electrons. The third-order valence-corrected chi connectivity index (χ3v) is 3.04. The van der Waals surface area contributed by atoms with Crippen LogP contribution in [0.15, 0.2) is 18.2 Å². The fourth-order valence-corrected chi connectivity index (χ4v) is 2.10. The molecule has 1 heterocycles. The first kappa shape index (κ1) is 11.3. The Morgan fingerprint density at radius 3 is 3.12 bits per heavy atom. The highest BCUT2D eigenvalue weighted by Gasteiger charge is 2.13. The topological polar surface area (TPSA) is 47.9 Å². The third-order valence-electron chi connectivity index (χ3n) is 2.80. The fourth-order valence-electron chi connectivity index (χ4n) is 1.92. The van der Waals surface area contributed by atoms with E-state index in [0.29, 0.717) is 16.6 Å². The van der Waals surface area contributed by atoms with Crippen molar-refractivity contribution < 1.29 is 0 Å². The van der Waals surface area contributed by atoms with Gasteiger partial charge < -0.3 is 10.6 Å². The predicted octanol–water partition coefficient (Wildman–Crippen LogP) is 2.38. The Labute approximate surface area is 100 Å². The van der Waals surface area contributed by atoms with Crippen molar-refractivity contribution in [2.24, 2.45) is 0 Å². The van der Waals surface area contributed by atoms with Crippen molar-refractivity contribution >= 4 is 17.3 Å². The summed E-state index contributed by atoms with van der Waals surface area (Å²) in [7, 11) is 0. The molecule has 1 aromatic carbocycles. The highest BCUT2D eigenvalue weighted by atomic mass is 35.5. The van der Waals surface area contributed by atoms with Crippen LogP contribution in [0.2, 0.25) is 5.02 Å². The van der Waals surface area contributed by atoms with E-state index in [9.17, 15) is 0 Å². The first-order valence-corrected chi connectivity index (χ1v) is 5.84. The summed E-state index contributed by atoms with van der Waals surface area (Å²) < 4.78 is 0. The molecule has 1 aromatic rings. The van der Waals surface area contributed by atoms with Gasteiger partial charge in [-0.05, 0) is 37.6 Å². The van der Waals surface area contributed by atoms with Crippen molar-refractivity contribution in [3.8, 4) is 6.07 Å². The molecule has 2 N–H and O–H groups in total. The molecule has 0 aromatic heterocycles. The second kappa shape index (κ2) is 5.20. The minimum atomic E-state index is 0.505. The number of nitriles is 1. The van der Waals surface area contributed by atoms with Crippen LogP contribution in [0.5, 0.6) is 0 Å². The van der Waals surface area contributed by atoms with Gasteiger partial charge in [-0.3, -0.25) is 0 Å². The lowest BCUT2D eigenvalue weighted by Gasteiger charge is -2.13. The highest BCUT2D eigenvalue weighted by Crippen LogP contribution is 2.20. The Kier molecular flexibility index (Phi) is 3.66. The van der Waals surface area contributed by atoms with Crippen LogP contribution in [0, 0.1) is 11.3 Å². The molecule has 1 fully saturated rings. The first-order chi connectivity index (χ1) is 7.79. The molecule has 1 atom stereocenters. The Hall–Kier alpha value is -1.24. The van der Waals surface area contributed by atoms with E-state index in [2.05, 4.69) is 16.7 Å². The number of hydrogen-bond donors (Lipinski definition) is 2. The van der Waals surface area contributed by atoms with E-state index in [1.807, 2.05) is 0 Å². The average molecular weight is 236 g/mol. The van der Waals surface area contributed by atoms with Crippen LogP contribution in [0.3, 0.4) is 0 Å². The van der Waals surface area contributed by atoms with Gasteiger partial charge in [-0.15, -0.1) is 0 Å². The minimum absolute atomic E-state index is 0.505. The van der Waals surface area contributed by atoms with Crippen molar-refractivity contribution in [1.29, 1.82) is 5.26 Å². The van der Waals surface area contributed by atoms with E-state index in [1.165, 1.54) is 12.8 Å². The smallest absolute Gasteiger partial charge is 0.101 e. The van der Waals surface area contributed by atoms with Gasteiger partial charge in [-0.1, -0.05) is 11.6 Å². The highest BCUT2D eigenvalue weighted by molar-refractivity contribution is 6.30. The molecular weight excluding hydrogens is 222 g/mol. The number of benzene rings is 1. The van der Waals surface area contributed by atoms with Crippen molar-refractivity contribution in [3.63, 3.8) is 0 Å². The maximum atomic E-state index is 8.95. The monoisotopic (exact) mass is 235 g/mol. The normalized spacial score (nSPS) is 19.4. The summed E-state index contributed by atoms with van der Waals surface area (Å²) in [5.41, 5.74) is 1.46. The van der Waals surface area contributed by atoms with Gasteiger partial charge in [0.15, 0.2) is 0 Å². The van der Waals surface area contributed by atoms with Crippen molar-refractivity contribution in [2.75, 3.05) is 18.4 Å². The van der Waals surface area contributed by atoms with Crippen LogP contribution in [-0.2, 0) is 0 Å². The van der Waals surface area contributed by atoms with E-state index in [-0.39, 0.29) is 0 Å². The summed E-state index contributed by atoms with van der Waals surface area (Å²) in [6.07, 6.45) is 2.42. The molecular formula is C12H14ClN3. The van der Waals surface area contributed by atoms with Gasteiger partial charge >= 0.3 is 0 Å². The van der Waals surface area contributed by atoms with Crippen LogP contribution < -0.4 is 10.6 Å². The van der Waals surface area contributed by atoms with E-state index in [0.717, 1.165) is 18.8 Å². The van der Waals surface area contributed by atoms with E-state index >= 15 is 0 Å². The van der Waals surface area contributed by atoms with Crippen molar-refractivity contribution in [2.45, 2.75) is 18.9 Å². The summed E-state index contributed by atoms with van der Waals surface area (Å²) in [5.74, 6) is 0. The largest absolute Gasteiger partial charge is 0.382 e. The maximum absolute atomic E-state index is 8.95. The maximum Gasteiger partial charge on any atom is 0.101 e. The number of anilines is 1. The zero-order valence-corrected chi connectivity index (χ0v) is 9.72. The molecule has 4 heteroatoms. The molecule has 0 aliphatic carbocycles. The number of halogens is 1. The molecule has 1 aliphatic heterocycles. The molecule has 1 unspecified atom stereocenters. The van der Waals surface area contributed by atoms with Crippen LogP contribution in [-0.4, -0.2) is 19.1 Å². The van der Waals surface area contributed by atoms with Gasteiger partial charge in [-0.2, -0.15) is 5.26 Å². The lowest BCUT2D eigenvalue weighted by atomic mass is 10.1. The predicted molar refractivity (Wildman–Crippen MR) is 65.7 cm³/mol. The van der Waals surface area contributed by atoms with E-state index in [4.69, 9.17) is 16.9 Å². The number of nitrogens with one attached hydrogen (secondary N) is 2. The van der Waals surface area contributed by atoms with Gasteiger partial charge in [0.1, 0.15) is 6.07 Å². The second-order valence-electron chi connectivity index (χ2n) is 3.98. The second-order valence-corrected chi connectivity index (χ2v) is 4.41. The molecule has 16 heavy (non-hydrogen) atoms. The molecule has 0 amide bonds. The minimum Gasteiger partial charge on any atom is -0.382 e. The Morgan fingerprint density at radius 1 is 1.56 bits per heavy atom. The molecule has 1 saturated heterocycles. The molecule has 1 aliphatic rings. The fraction of sp³-hybridized carbons (Fsp3) is 0.417. The van der Waals surface area contributed by atoms with Crippen molar-refractivity contribution in [1.82, 2.24) is 5.32 Å². The van der Waals surface area contributed by atoms with E-state index < -0.39 is 0 Å². The zero-order valence-electron chi connectivity index (χ0n) is 8.96. The van der Waals surface area contributed by atoms with Gasteiger partial charge in [0.25, 0.3) is 0 Å². The van der Waals surface area contributed by atoms with Crippen LogP contribution in [0.1, 0.15) is 18.4 Å². The van der Waals surface area contributed by atoms with Crippen molar-refractivity contribution in [3.05, 3.63) is 28.8 Å².